The topological polar surface area (TPSA) is 173 Å². The zero-order valence-electron chi connectivity index (χ0n) is 23.2. The van der Waals surface area contributed by atoms with Gasteiger partial charge in [0.05, 0.1) is 30.6 Å². The minimum absolute atomic E-state index is 0.0475. The third-order valence-electron chi connectivity index (χ3n) is 6.10. The van der Waals surface area contributed by atoms with Crippen LogP contribution < -0.4 is 20.7 Å². The summed E-state index contributed by atoms with van der Waals surface area (Å²) in [6.07, 6.45) is 5.82. The number of benzene rings is 2. The van der Waals surface area contributed by atoms with Crippen molar-refractivity contribution < 1.29 is 32.8 Å². The number of phosphoric ester groups is 1. The third-order valence-corrected chi connectivity index (χ3v) is 6.62. The van der Waals surface area contributed by atoms with Gasteiger partial charge in [-0.3, -0.25) is 14.0 Å². The maximum Gasteiger partial charge on any atom is 0.469 e. The van der Waals surface area contributed by atoms with Gasteiger partial charge in [-0.1, -0.05) is 6.07 Å². The van der Waals surface area contributed by atoms with Crippen molar-refractivity contribution in [3.63, 3.8) is 0 Å². The molecule has 224 valence electrons. The molecule has 4 aromatic rings. The second-order valence-corrected chi connectivity index (χ2v) is 11.3. The molecule has 0 atom stereocenters. The molecule has 2 heterocycles. The Morgan fingerprint density at radius 1 is 1.12 bits per heavy atom. The summed E-state index contributed by atoms with van der Waals surface area (Å²) < 4.78 is 36.0. The number of fused-ring (bicyclic) bond motifs is 1. The number of nitrogens with one attached hydrogen (secondary N) is 3. The van der Waals surface area contributed by atoms with Gasteiger partial charge in [0.25, 0.3) is 0 Å². The molecule has 4 rings (SSSR count). The summed E-state index contributed by atoms with van der Waals surface area (Å²) in [5, 5.41) is 14.1. The number of carbonyl (C=O) groups is 1. The van der Waals surface area contributed by atoms with Crippen LogP contribution in [0.1, 0.15) is 26.7 Å². The van der Waals surface area contributed by atoms with Crippen molar-refractivity contribution in [2.45, 2.75) is 38.8 Å². The van der Waals surface area contributed by atoms with E-state index in [2.05, 4.69) is 35.5 Å². The van der Waals surface area contributed by atoms with Crippen LogP contribution in [0.15, 0.2) is 61.2 Å². The van der Waals surface area contributed by atoms with Crippen molar-refractivity contribution in [2.75, 3.05) is 30.4 Å². The van der Waals surface area contributed by atoms with E-state index in [1.165, 1.54) is 29.2 Å². The van der Waals surface area contributed by atoms with Gasteiger partial charge in [0, 0.05) is 28.9 Å². The molecule has 0 aliphatic carbocycles. The highest BCUT2D eigenvalue weighted by Crippen LogP contribution is 2.36. The Balaban J connectivity index is 1.26. The number of anilines is 3. The van der Waals surface area contributed by atoms with E-state index in [9.17, 15) is 13.8 Å². The smallest absolute Gasteiger partial charge is 0.469 e. The van der Waals surface area contributed by atoms with Crippen LogP contribution in [0.25, 0.3) is 10.9 Å². The second kappa shape index (κ2) is 13.8. The first-order chi connectivity index (χ1) is 20.0. The van der Waals surface area contributed by atoms with Gasteiger partial charge in [0.15, 0.2) is 0 Å². The van der Waals surface area contributed by atoms with Crippen LogP contribution in [0.4, 0.5) is 21.6 Å². The molecule has 15 heteroatoms. The number of phosphoric acid groups is 1. The van der Waals surface area contributed by atoms with Crippen LogP contribution in [-0.2, 0) is 20.4 Å². The van der Waals surface area contributed by atoms with E-state index in [4.69, 9.17) is 14.5 Å². The number of hydrogen-bond donors (Lipinski definition) is 5. The van der Waals surface area contributed by atoms with Crippen molar-refractivity contribution in [3.8, 4) is 5.75 Å². The maximum atomic E-state index is 13.3. The van der Waals surface area contributed by atoms with Crippen LogP contribution in [0.2, 0.25) is 0 Å². The number of nitrogens with zero attached hydrogens (tertiary/aromatic N) is 4. The zero-order chi connectivity index (χ0) is 30.2. The molecular formula is C27H33FN7O6P. The number of amides is 1. The van der Waals surface area contributed by atoms with Gasteiger partial charge < -0.3 is 30.5 Å². The average molecular weight is 602 g/mol. The molecule has 0 saturated heterocycles. The second-order valence-electron chi connectivity index (χ2n) is 10.1. The minimum Gasteiger partial charge on any atom is -0.493 e. The minimum atomic E-state index is -4.46. The third kappa shape index (κ3) is 9.86. The Labute approximate surface area is 241 Å². The number of hydrogen-bond acceptors (Lipinski definition) is 9. The molecule has 0 bridgehead atoms. The lowest BCUT2D eigenvalue weighted by molar-refractivity contribution is -0.116. The van der Waals surface area contributed by atoms with Crippen LogP contribution in [0, 0.1) is 5.82 Å². The lowest BCUT2D eigenvalue weighted by Crippen LogP contribution is -2.41. The summed E-state index contributed by atoms with van der Waals surface area (Å²) in [4.78, 5) is 38.6. The summed E-state index contributed by atoms with van der Waals surface area (Å²) >= 11 is 0. The molecule has 0 spiro atoms. The van der Waals surface area contributed by atoms with Gasteiger partial charge >= 0.3 is 7.82 Å². The van der Waals surface area contributed by atoms with Gasteiger partial charge in [0.1, 0.15) is 30.3 Å². The van der Waals surface area contributed by atoms with Crippen molar-refractivity contribution in [3.05, 3.63) is 67.0 Å². The first kappa shape index (κ1) is 31.0. The standard InChI is InChI=1S/C27H33FN7O6P/c1-27(2,9-12-41-42(37,38)39)31-10-4-11-40-22-7-8-23-24(14-22)29-18-30-26(23)34-21-15-32-35(16-21)17-25(36)33-20-6-3-5-19(28)13-20/h3,5-8,13-16,18,31H,4,9-12,17H2,1-2H3,(H,33,36)(H,29,30,34)(H2,37,38,39). The highest BCUT2D eigenvalue weighted by atomic mass is 31.2. The normalized spacial score (nSPS) is 11.9. The van der Waals surface area contributed by atoms with E-state index in [0.717, 1.165) is 5.39 Å². The fraction of sp³-hybridized carbons (Fsp3) is 0.333. The molecule has 13 nitrogen and oxygen atoms in total. The quantitative estimate of drug-likeness (QED) is 0.0985. The SMILES string of the molecule is CC(C)(CCOP(=O)(O)O)NCCCOc1ccc2c(Nc3cnn(CC(=O)Nc4cccc(F)c4)c3)ncnc2c1. The largest absolute Gasteiger partial charge is 0.493 e. The molecule has 2 aromatic heterocycles. The fourth-order valence-corrected chi connectivity index (χ4v) is 4.32. The zero-order valence-corrected chi connectivity index (χ0v) is 24.1. The molecule has 0 unspecified atom stereocenters. The van der Waals surface area contributed by atoms with E-state index in [0.29, 0.717) is 54.5 Å². The van der Waals surface area contributed by atoms with Gasteiger partial charge in [-0.25, -0.2) is 18.9 Å². The molecule has 1 amide bonds. The van der Waals surface area contributed by atoms with Crippen molar-refractivity contribution in [1.29, 1.82) is 0 Å². The highest BCUT2D eigenvalue weighted by Gasteiger charge is 2.20. The highest BCUT2D eigenvalue weighted by molar-refractivity contribution is 7.46. The predicted molar refractivity (Wildman–Crippen MR) is 155 cm³/mol. The fourth-order valence-electron chi connectivity index (χ4n) is 3.99. The summed E-state index contributed by atoms with van der Waals surface area (Å²) in [7, 11) is -4.46. The summed E-state index contributed by atoms with van der Waals surface area (Å²) in [5.41, 5.74) is 1.31. The summed E-state index contributed by atoms with van der Waals surface area (Å²) in [6.45, 7) is 4.86. The summed E-state index contributed by atoms with van der Waals surface area (Å²) in [6, 6.07) is 11.2. The van der Waals surface area contributed by atoms with E-state index in [1.54, 1.807) is 18.5 Å². The predicted octanol–water partition coefficient (Wildman–Crippen LogP) is 3.98. The van der Waals surface area contributed by atoms with Crippen molar-refractivity contribution in [1.82, 2.24) is 25.1 Å². The van der Waals surface area contributed by atoms with Gasteiger partial charge in [-0.2, -0.15) is 5.10 Å². The lowest BCUT2D eigenvalue weighted by atomic mass is 10.0. The molecule has 0 radical (unpaired) electrons. The molecule has 0 fully saturated rings. The molecule has 0 saturated carbocycles. The Kier molecular flexibility index (Phi) is 10.2. The van der Waals surface area contributed by atoms with E-state index in [1.807, 2.05) is 32.0 Å². The molecule has 2 aromatic carbocycles. The van der Waals surface area contributed by atoms with Gasteiger partial charge in [-0.05, 0) is 63.6 Å². The van der Waals surface area contributed by atoms with E-state index < -0.39 is 13.6 Å². The molecule has 0 aliphatic rings. The van der Waals surface area contributed by atoms with E-state index in [-0.39, 0.29) is 24.6 Å². The van der Waals surface area contributed by atoms with Crippen LogP contribution in [-0.4, -0.2) is 60.7 Å². The molecule has 0 aliphatic heterocycles. The number of halogens is 1. The number of aromatic nitrogens is 4. The molecule has 5 N–H and O–H groups in total. The number of ether oxygens (including phenoxy) is 1. The first-order valence-corrected chi connectivity index (χ1v) is 14.7. The molecular weight excluding hydrogens is 568 g/mol. The van der Waals surface area contributed by atoms with Crippen LogP contribution >= 0.6 is 7.82 Å². The Morgan fingerprint density at radius 2 is 1.95 bits per heavy atom. The molecule has 42 heavy (non-hydrogen) atoms. The van der Waals surface area contributed by atoms with Gasteiger partial charge in [0.2, 0.25) is 5.91 Å². The monoisotopic (exact) mass is 601 g/mol. The Bertz CT molecular complexity index is 1560. The summed E-state index contributed by atoms with van der Waals surface area (Å²) in [5.74, 6) is 0.431. The first-order valence-electron chi connectivity index (χ1n) is 13.1. The van der Waals surface area contributed by atoms with E-state index >= 15 is 0 Å². The number of carbonyl (C=O) groups excluding carboxylic acids is 1. The van der Waals surface area contributed by atoms with Gasteiger partial charge in [-0.15, -0.1) is 0 Å². The van der Waals surface area contributed by atoms with Crippen molar-refractivity contribution >= 4 is 41.8 Å². The maximum absolute atomic E-state index is 13.3. The Hall–Kier alpha value is -3.94. The van der Waals surface area contributed by atoms with Crippen molar-refractivity contribution in [2.24, 2.45) is 0 Å². The van der Waals surface area contributed by atoms with Crippen LogP contribution in [0.3, 0.4) is 0 Å². The Morgan fingerprint density at radius 3 is 2.74 bits per heavy atom. The lowest BCUT2D eigenvalue weighted by Gasteiger charge is -2.26. The number of rotatable bonds is 15. The average Bonchev–Trinajstić information content (AvgIpc) is 3.34. The van der Waals surface area contributed by atoms with Crippen LogP contribution in [0.5, 0.6) is 5.75 Å².